The minimum Gasteiger partial charge on any atom is -0.394 e. The molecule has 0 aliphatic carbocycles. The van der Waals surface area contributed by atoms with Crippen LogP contribution in [0.5, 0.6) is 0 Å². The van der Waals surface area contributed by atoms with Crippen LogP contribution >= 0.6 is 11.8 Å². The molecule has 0 aromatic carbocycles. The van der Waals surface area contributed by atoms with Crippen LogP contribution in [0.25, 0.3) is 0 Å². The zero-order chi connectivity index (χ0) is 23.7. The third kappa shape index (κ3) is 4.17. The molecule has 3 heterocycles. The van der Waals surface area contributed by atoms with Gasteiger partial charge in [0.15, 0.2) is 0 Å². The summed E-state index contributed by atoms with van der Waals surface area (Å²) < 4.78 is -0.959. The first-order chi connectivity index (χ1) is 15.2. The molecule has 3 N–H and O–H groups in total. The van der Waals surface area contributed by atoms with E-state index in [1.54, 1.807) is 16.7 Å². The lowest BCUT2D eigenvalue weighted by Gasteiger charge is -2.37. The number of carbonyl (C=O) groups excluding carboxylic acids is 3. The van der Waals surface area contributed by atoms with Crippen molar-refractivity contribution in [1.29, 1.82) is 0 Å². The van der Waals surface area contributed by atoms with E-state index in [1.165, 1.54) is 0 Å². The van der Waals surface area contributed by atoms with E-state index < -0.39 is 28.7 Å². The van der Waals surface area contributed by atoms with E-state index in [9.17, 15) is 19.5 Å². The molecule has 0 aromatic rings. The Morgan fingerprint density at radius 1 is 1.16 bits per heavy atom. The fourth-order valence-electron chi connectivity index (χ4n) is 6.12. The van der Waals surface area contributed by atoms with Gasteiger partial charge in [-0.3, -0.25) is 14.4 Å². The molecule has 1 spiro atoms. The van der Waals surface area contributed by atoms with Crippen molar-refractivity contribution in [1.82, 2.24) is 15.5 Å². The van der Waals surface area contributed by atoms with E-state index >= 15 is 0 Å². The zero-order valence-electron chi connectivity index (χ0n) is 20.3. The molecule has 8 heteroatoms. The Bertz CT molecular complexity index is 732. The topological polar surface area (TPSA) is 98.7 Å². The molecular weight excluding hydrogens is 426 g/mol. The predicted molar refractivity (Wildman–Crippen MR) is 127 cm³/mol. The molecule has 182 valence electrons. The first-order valence-electron chi connectivity index (χ1n) is 12.4. The number of aliphatic hydroxyl groups is 1. The van der Waals surface area contributed by atoms with Gasteiger partial charge in [0.25, 0.3) is 0 Å². The van der Waals surface area contributed by atoms with Crippen molar-refractivity contribution in [2.45, 2.75) is 94.7 Å². The Hall–Kier alpha value is -1.28. The van der Waals surface area contributed by atoms with Gasteiger partial charge in [-0.2, -0.15) is 0 Å². The molecule has 0 aromatic heterocycles. The third-order valence-electron chi connectivity index (χ3n) is 7.47. The summed E-state index contributed by atoms with van der Waals surface area (Å²) in [4.78, 5) is 42.5. The highest BCUT2D eigenvalue weighted by Gasteiger charge is 2.77. The standard InChI is InChI=1S/C24H41N3O4S/c1-6-8-12-26-21(30)19-24-10-9-23(5,32-24)17(20(29)25-11-7-2)18(24)22(31)27(19)16(14-28)13-15(3)4/h15-19,28H,6-14H2,1-5H3,(H,25,29)(H,26,30)/t16-,17-,18+,19?,23+,24?/m1/s1. The molecule has 3 saturated heterocycles. The van der Waals surface area contributed by atoms with Crippen molar-refractivity contribution in [2.24, 2.45) is 17.8 Å². The number of thioether (sulfide) groups is 1. The molecule has 0 radical (unpaired) electrons. The van der Waals surface area contributed by atoms with Crippen molar-refractivity contribution >= 4 is 29.5 Å². The highest BCUT2D eigenvalue weighted by Crippen LogP contribution is 2.71. The molecule has 7 nitrogen and oxygen atoms in total. The van der Waals surface area contributed by atoms with E-state index in [4.69, 9.17) is 0 Å². The molecule has 3 amide bonds. The normalized spacial score (nSPS) is 34.2. The molecule has 3 aliphatic heterocycles. The van der Waals surface area contributed by atoms with Crippen LogP contribution in [-0.2, 0) is 14.4 Å². The molecule has 0 saturated carbocycles. The second-order valence-corrected chi connectivity index (χ2v) is 12.3. The number of amides is 3. The highest BCUT2D eigenvalue weighted by atomic mass is 32.2. The zero-order valence-corrected chi connectivity index (χ0v) is 21.1. The largest absolute Gasteiger partial charge is 0.394 e. The van der Waals surface area contributed by atoms with Gasteiger partial charge in [0.2, 0.25) is 17.7 Å². The summed E-state index contributed by atoms with van der Waals surface area (Å²) in [7, 11) is 0. The van der Waals surface area contributed by atoms with Gasteiger partial charge < -0.3 is 20.6 Å². The summed E-state index contributed by atoms with van der Waals surface area (Å²) in [6.07, 6.45) is 4.86. The average molecular weight is 468 g/mol. The second kappa shape index (κ2) is 9.92. The Morgan fingerprint density at radius 3 is 2.44 bits per heavy atom. The third-order valence-corrected chi connectivity index (χ3v) is 9.46. The number of carbonyl (C=O) groups is 3. The van der Waals surface area contributed by atoms with Crippen LogP contribution in [0.15, 0.2) is 0 Å². The Balaban J connectivity index is 2.01. The van der Waals surface area contributed by atoms with E-state index in [0.717, 1.165) is 32.1 Å². The fraction of sp³-hybridized carbons (Fsp3) is 0.875. The monoisotopic (exact) mass is 467 g/mol. The summed E-state index contributed by atoms with van der Waals surface area (Å²) in [6, 6.07) is -1.07. The maximum absolute atomic E-state index is 14.0. The first-order valence-corrected chi connectivity index (χ1v) is 13.2. The smallest absolute Gasteiger partial charge is 0.244 e. The van der Waals surface area contributed by atoms with Crippen LogP contribution in [0.2, 0.25) is 0 Å². The maximum Gasteiger partial charge on any atom is 0.244 e. The first kappa shape index (κ1) is 25.3. The Kier molecular flexibility index (Phi) is 7.85. The second-order valence-electron chi connectivity index (χ2n) is 10.4. The van der Waals surface area contributed by atoms with Gasteiger partial charge in [0, 0.05) is 17.8 Å². The summed E-state index contributed by atoms with van der Waals surface area (Å²) in [5, 5.41) is 16.3. The number of rotatable bonds is 11. The summed E-state index contributed by atoms with van der Waals surface area (Å²) in [5.74, 6) is -1.04. The quantitative estimate of drug-likeness (QED) is 0.405. The van der Waals surface area contributed by atoms with E-state index in [1.807, 2.05) is 6.92 Å². The van der Waals surface area contributed by atoms with Gasteiger partial charge in [-0.1, -0.05) is 34.1 Å². The highest BCUT2D eigenvalue weighted by molar-refractivity contribution is 8.02. The lowest BCUT2D eigenvalue weighted by Crippen LogP contribution is -2.56. The lowest BCUT2D eigenvalue weighted by atomic mass is 9.66. The van der Waals surface area contributed by atoms with Gasteiger partial charge in [0.1, 0.15) is 6.04 Å². The molecule has 3 fully saturated rings. The predicted octanol–water partition coefficient (Wildman–Crippen LogP) is 2.32. The minimum atomic E-state index is -0.649. The Morgan fingerprint density at radius 2 is 1.84 bits per heavy atom. The number of likely N-dealkylation sites (tertiary alicyclic amines) is 1. The fourth-order valence-corrected chi connectivity index (χ4v) is 8.46. The van der Waals surface area contributed by atoms with E-state index in [-0.39, 0.29) is 35.0 Å². The minimum absolute atomic E-state index is 0.0711. The number of unbranched alkanes of at least 4 members (excludes halogenated alkanes) is 1. The van der Waals surface area contributed by atoms with Gasteiger partial charge in [0.05, 0.1) is 29.2 Å². The van der Waals surface area contributed by atoms with E-state index in [2.05, 4.69) is 38.3 Å². The number of aliphatic hydroxyl groups excluding tert-OH is 1. The van der Waals surface area contributed by atoms with Gasteiger partial charge in [-0.15, -0.1) is 11.8 Å². The average Bonchev–Trinajstić information content (AvgIpc) is 3.31. The van der Waals surface area contributed by atoms with Crippen LogP contribution in [0, 0.1) is 17.8 Å². The van der Waals surface area contributed by atoms with Crippen molar-refractivity contribution in [3.8, 4) is 0 Å². The van der Waals surface area contributed by atoms with Crippen LogP contribution < -0.4 is 10.6 Å². The van der Waals surface area contributed by atoms with Crippen LogP contribution in [0.4, 0.5) is 0 Å². The SMILES string of the molecule is CCCCNC(=O)C1N([C@@H](CO)CC(C)C)C(=O)[C@@H]2[C@H](C(=O)NCCC)[C@]3(C)CCC12S3. The van der Waals surface area contributed by atoms with Gasteiger partial charge in [-0.05, 0) is 44.9 Å². The van der Waals surface area contributed by atoms with Crippen molar-refractivity contribution in [3.63, 3.8) is 0 Å². The van der Waals surface area contributed by atoms with E-state index in [0.29, 0.717) is 19.5 Å². The molecular formula is C24H41N3O4S. The van der Waals surface area contributed by atoms with Gasteiger partial charge >= 0.3 is 0 Å². The molecule has 6 atom stereocenters. The number of hydrogen-bond donors (Lipinski definition) is 3. The summed E-state index contributed by atoms with van der Waals surface area (Å²) in [5.41, 5.74) is 0. The summed E-state index contributed by atoms with van der Waals surface area (Å²) in [6.45, 7) is 11.3. The molecule has 3 aliphatic rings. The number of fused-ring (bicyclic) bond motifs is 1. The van der Waals surface area contributed by atoms with Crippen LogP contribution in [0.3, 0.4) is 0 Å². The lowest BCUT2D eigenvalue weighted by molar-refractivity contribution is -0.143. The molecule has 3 rings (SSSR count). The number of nitrogens with zero attached hydrogens (tertiary/aromatic N) is 1. The number of nitrogens with one attached hydrogen (secondary N) is 2. The van der Waals surface area contributed by atoms with Crippen molar-refractivity contribution in [3.05, 3.63) is 0 Å². The van der Waals surface area contributed by atoms with Crippen LogP contribution in [0.1, 0.15) is 73.1 Å². The maximum atomic E-state index is 14.0. The van der Waals surface area contributed by atoms with Gasteiger partial charge in [-0.25, -0.2) is 0 Å². The number of hydrogen-bond acceptors (Lipinski definition) is 5. The van der Waals surface area contributed by atoms with Crippen molar-refractivity contribution < 1.29 is 19.5 Å². The Labute approximate surface area is 196 Å². The van der Waals surface area contributed by atoms with Crippen LogP contribution in [-0.4, -0.2) is 69.0 Å². The molecule has 2 unspecified atom stereocenters. The molecule has 2 bridgehead atoms. The summed E-state index contributed by atoms with van der Waals surface area (Å²) >= 11 is 1.69. The molecule has 32 heavy (non-hydrogen) atoms. The van der Waals surface area contributed by atoms with Crippen molar-refractivity contribution in [2.75, 3.05) is 19.7 Å².